The van der Waals surface area contributed by atoms with Crippen molar-refractivity contribution in [2.75, 3.05) is 0 Å². The Morgan fingerprint density at radius 2 is 1.42 bits per heavy atom. The van der Waals surface area contributed by atoms with Crippen LogP contribution in [0.4, 0.5) is 0 Å². The molecule has 0 aromatic heterocycles. The SMILES string of the molecule is Clc1ccccc1.NS(N)(=O)=O. The van der Waals surface area contributed by atoms with Crippen LogP contribution in [0.15, 0.2) is 30.3 Å². The predicted molar refractivity (Wildman–Crippen MR) is 48.7 cm³/mol. The monoisotopic (exact) mass is 208 g/mol. The van der Waals surface area contributed by atoms with Crippen molar-refractivity contribution < 1.29 is 8.42 Å². The maximum absolute atomic E-state index is 9.19. The highest BCUT2D eigenvalue weighted by Gasteiger charge is 1.78. The molecule has 1 aromatic carbocycles. The van der Waals surface area contributed by atoms with E-state index in [4.69, 9.17) is 11.6 Å². The minimum Gasteiger partial charge on any atom is -0.216 e. The van der Waals surface area contributed by atoms with Crippen molar-refractivity contribution in [1.29, 1.82) is 0 Å². The van der Waals surface area contributed by atoms with E-state index in [1.54, 1.807) is 0 Å². The summed E-state index contributed by atoms with van der Waals surface area (Å²) in [5.74, 6) is 0. The highest BCUT2D eigenvalue weighted by molar-refractivity contribution is 7.86. The summed E-state index contributed by atoms with van der Waals surface area (Å²) in [6, 6.07) is 9.44. The molecule has 1 rings (SSSR count). The molecular weight excluding hydrogens is 200 g/mol. The van der Waals surface area contributed by atoms with E-state index in [0.717, 1.165) is 5.02 Å². The van der Waals surface area contributed by atoms with Crippen LogP contribution in [0, 0.1) is 0 Å². The molecule has 4 N–H and O–H groups in total. The lowest BCUT2D eigenvalue weighted by Crippen LogP contribution is -2.21. The van der Waals surface area contributed by atoms with E-state index in [1.807, 2.05) is 30.3 Å². The summed E-state index contributed by atoms with van der Waals surface area (Å²) in [6.07, 6.45) is 0. The van der Waals surface area contributed by atoms with Crippen LogP contribution in [0.25, 0.3) is 0 Å². The minimum atomic E-state index is -3.67. The highest BCUT2D eigenvalue weighted by atomic mass is 35.5. The van der Waals surface area contributed by atoms with E-state index < -0.39 is 10.2 Å². The van der Waals surface area contributed by atoms with E-state index in [2.05, 4.69) is 10.3 Å². The summed E-state index contributed by atoms with van der Waals surface area (Å²) in [5.41, 5.74) is 0. The largest absolute Gasteiger partial charge is 0.271 e. The Balaban J connectivity index is 0.000000217. The van der Waals surface area contributed by atoms with Crippen LogP contribution in [-0.4, -0.2) is 8.42 Å². The van der Waals surface area contributed by atoms with Crippen molar-refractivity contribution in [3.8, 4) is 0 Å². The molecule has 0 aliphatic carbocycles. The molecule has 12 heavy (non-hydrogen) atoms. The zero-order chi connectivity index (χ0) is 9.61. The van der Waals surface area contributed by atoms with E-state index >= 15 is 0 Å². The maximum atomic E-state index is 9.19. The van der Waals surface area contributed by atoms with Gasteiger partial charge in [0.15, 0.2) is 0 Å². The van der Waals surface area contributed by atoms with Crippen LogP contribution in [0.2, 0.25) is 5.02 Å². The molecule has 0 saturated carbocycles. The number of hydrogen-bond acceptors (Lipinski definition) is 2. The van der Waals surface area contributed by atoms with Gasteiger partial charge in [0.05, 0.1) is 0 Å². The second kappa shape index (κ2) is 5.10. The molecule has 0 spiro atoms. The van der Waals surface area contributed by atoms with Gasteiger partial charge in [0.25, 0.3) is 10.2 Å². The number of rotatable bonds is 0. The lowest BCUT2D eigenvalue weighted by molar-refractivity contribution is 0.599. The third kappa shape index (κ3) is 12.1. The van der Waals surface area contributed by atoms with Gasteiger partial charge in [0, 0.05) is 5.02 Å². The topological polar surface area (TPSA) is 86.2 Å². The van der Waals surface area contributed by atoms with E-state index in [-0.39, 0.29) is 0 Å². The van der Waals surface area contributed by atoms with Gasteiger partial charge in [0.1, 0.15) is 0 Å². The van der Waals surface area contributed by atoms with Gasteiger partial charge >= 0.3 is 0 Å². The van der Waals surface area contributed by atoms with Crippen molar-refractivity contribution in [3.05, 3.63) is 35.4 Å². The summed E-state index contributed by atoms with van der Waals surface area (Å²) in [5, 5.41) is 9.00. The zero-order valence-corrected chi connectivity index (χ0v) is 7.72. The van der Waals surface area contributed by atoms with Gasteiger partial charge in [-0.25, -0.2) is 10.3 Å². The standard InChI is InChI=1S/C6H5Cl.H4N2O2S/c7-6-4-2-1-3-5-6;1-5(2,3)4/h1-5H;(H4,1,2,3,4). The Morgan fingerprint density at radius 1 is 1.08 bits per heavy atom. The molecule has 6 heteroatoms. The Morgan fingerprint density at radius 3 is 1.58 bits per heavy atom. The third-order valence-corrected chi connectivity index (χ3v) is 0.985. The first-order valence-corrected chi connectivity index (χ1v) is 4.89. The molecule has 0 radical (unpaired) electrons. The van der Waals surface area contributed by atoms with E-state index in [1.165, 1.54) is 0 Å². The second-order valence-electron chi connectivity index (χ2n) is 1.88. The highest BCUT2D eigenvalue weighted by Crippen LogP contribution is 2.03. The normalized spacial score (nSPS) is 9.92. The van der Waals surface area contributed by atoms with Gasteiger partial charge in [-0.3, -0.25) is 0 Å². The molecular formula is C6H9ClN2O2S. The van der Waals surface area contributed by atoms with Crippen molar-refractivity contribution in [2.24, 2.45) is 10.3 Å². The number of halogens is 1. The van der Waals surface area contributed by atoms with Crippen LogP contribution >= 0.6 is 11.6 Å². The number of nitrogens with two attached hydrogens (primary N) is 2. The molecule has 0 fully saturated rings. The first-order valence-electron chi connectivity index (χ1n) is 2.90. The summed E-state index contributed by atoms with van der Waals surface area (Å²) >= 11 is 5.54. The molecule has 0 bridgehead atoms. The maximum Gasteiger partial charge on any atom is 0.271 e. The van der Waals surface area contributed by atoms with E-state index in [0.29, 0.717) is 0 Å². The summed E-state index contributed by atoms with van der Waals surface area (Å²) in [6.45, 7) is 0. The fourth-order valence-corrected chi connectivity index (χ4v) is 0.560. The van der Waals surface area contributed by atoms with Crippen molar-refractivity contribution in [1.82, 2.24) is 0 Å². The van der Waals surface area contributed by atoms with Crippen LogP contribution < -0.4 is 10.3 Å². The van der Waals surface area contributed by atoms with Crippen LogP contribution in [0.3, 0.4) is 0 Å². The lowest BCUT2D eigenvalue weighted by Gasteiger charge is -1.80. The van der Waals surface area contributed by atoms with Crippen molar-refractivity contribution in [3.63, 3.8) is 0 Å². The number of hydrogen-bond donors (Lipinski definition) is 2. The third-order valence-electron chi connectivity index (χ3n) is 0.733. The first-order chi connectivity index (χ1) is 5.39. The van der Waals surface area contributed by atoms with Gasteiger partial charge in [-0.2, -0.15) is 8.42 Å². The average Bonchev–Trinajstić information content (AvgIpc) is 1.85. The van der Waals surface area contributed by atoms with Gasteiger partial charge in [-0.05, 0) is 12.1 Å². The molecule has 0 aliphatic heterocycles. The summed E-state index contributed by atoms with van der Waals surface area (Å²) < 4.78 is 18.4. The van der Waals surface area contributed by atoms with Crippen LogP contribution in [0.5, 0.6) is 0 Å². The average molecular weight is 209 g/mol. The summed E-state index contributed by atoms with van der Waals surface area (Å²) in [7, 11) is -3.67. The predicted octanol–water partition coefficient (Wildman–Crippen LogP) is 0.489. The molecule has 0 amide bonds. The summed E-state index contributed by atoms with van der Waals surface area (Å²) in [4.78, 5) is 0. The molecule has 0 heterocycles. The smallest absolute Gasteiger partial charge is 0.216 e. The fraction of sp³-hybridized carbons (Fsp3) is 0. The van der Waals surface area contributed by atoms with Gasteiger partial charge < -0.3 is 0 Å². The second-order valence-corrected chi connectivity index (χ2v) is 3.50. The Labute approximate surface area is 76.3 Å². The molecule has 0 aliphatic rings. The van der Waals surface area contributed by atoms with Gasteiger partial charge in [-0.15, -0.1) is 0 Å². The Hall–Kier alpha value is -0.620. The molecule has 0 atom stereocenters. The number of benzene rings is 1. The molecule has 68 valence electrons. The van der Waals surface area contributed by atoms with Crippen molar-refractivity contribution in [2.45, 2.75) is 0 Å². The van der Waals surface area contributed by atoms with Gasteiger partial charge in [0.2, 0.25) is 0 Å². The Kier molecular flexibility index (Phi) is 4.84. The van der Waals surface area contributed by atoms with Crippen LogP contribution in [0.1, 0.15) is 0 Å². The van der Waals surface area contributed by atoms with Crippen molar-refractivity contribution >= 4 is 21.8 Å². The molecule has 4 nitrogen and oxygen atoms in total. The minimum absolute atomic E-state index is 0.794. The molecule has 0 unspecified atom stereocenters. The molecule has 0 saturated heterocycles. The zero-order valence-electron chi connectivity index (χ0n) is 6.14. The van der Waals surface area contributed by atoms with E-state index in [9.17, 15) is 8.42 Å². The molecule has 1 aromatic rings. The lowest BCUT2D eigenvalue weighted by atomic mass is 10.4. The first kappa shape index (κ1) is 11.4. The fourth-order valence-electron chi connectivity index (χ4n) is 0.415. The quantitative estimate of drug-likeness (QED) is 0.650. The van der Waals surface area contributed by atoms with Crippen LogP contribution in [-0.2, 0) is 10.2 Å². The van der Waals surface area contributed by atoms with Gasteiger partial charge in [-0.1, -0.05) is 29.8 Å². The Bertz CT molecular complexity index is 304.